The van der Waals surface area contributed by atoms with Gasteiger partial charge in [-0.1, -0.05) is 46.6 Å². The Morgan fingerprint density at radius 1 is 1.28 bits per heavy atom. The molecule has 0 spiro atoms. The summed E-state index contributed by atoms with van der Waals surface area (Å²) in [5.41, 5.74) is 1.15. The average molecular weight is 334 g/mol. The second-order valence-electron chi connectivity index (χ2n) is 4.56. The Kier molecular flexibility index (Phi) is 5.49. The van der Waals surface area contributed by atoms with Crippen LogP contribution in [-0.2, 0) is 16.1 Å². The van der Waals surface area contributed by atoms with Gasteiger partial charge in [0.1, 0.15) is 0 Å². The highest BCUT2D eigenvalue weighted by Gasteiger charge is 2.41. The van der Waals surface area contributed by atoms with Crippen molar-refractivity contribution in [2.45, 2.75) is 43.4 Å². The summed E-state index contributed by atoms with van der Waals surface area (Å²) in [6, 6.07) is 7.77. The zero-order valence-corrected chi connectivity index (χ0v) is 12.8. The van der Waals surface area contributed by atoms with Gasteiger partial charge in [0.2, 0.25) is 0 Å². The molecule has 4 heteroatoms. The van der Waals surface area contributed by atoms with Crippen molar-refractivity contribution in [2.24, 2.45) is 0 Å². The minimum atomic E-state index is 0.192. The topological polar surface area (TPSA) is 18.5 Å². The van der Waals surface area contributed by atoms with Crippen LogP contribution in [-0.4, -0.2) is 23.6 Å². The molecule has 1 aromatic carbocycles. The van der Waals surface area contributed by atoms with Crippen LogP contribution in [0.25, 0.3) is 0 Å². The van der Waals surface area contributed by atoms with Crippen molar-refractivity contribution in [3.05, 3.63) is 34.9 Å². The first-order valence-corrected chi connectivity index (χ1v) is 7.61. The fourth-order valence-electron chi connectivity index (χ4n) is 1.94. The molecular formula is C14H18BrClO2. The van der Waals surface area contributed by atoms with Crippen molar-refractivity contribution in [2.75, 3.05) is 6.61 Å². The third kappa shape index (κ3) is 3.70. The Labute approximate surface area is 122 Å². The van der Waals surface area contributed by atoms with Crippen LogP contribution in [0.4, 0.5) is 0 Å². The van der Waals surface area contributed by atoms with E-state index in [0.717, 1.165) is 30.0 Å². The van der Waals surface area contributed by atoms with E-state index in [9.17, 15) is 0 Å². The van der Waals surface area contributed by atoms with Crippen LogP contribution in [0, 0.1) is 0 Å². The Morgan fingerprint density at radius 2 is 2.00 bits per heavy atom. The lowest BCUT2D eigenvalue weighted by molar-refractivity contribution is -0.126. The molecular weight excluding hydrogens is 316 g/mol. The molecule has 2 nitrogen and oxygen atoms in total. The molecule has 100 valence electrons. The molecule has 1 aliphatic rings. The second-order valence-corrected chi connectivity index (χ2v) is 6.18. The molecule has 0 aromatic heterocycles. The summed E-state index contributed by atoms with van der Waals surface area (Å²) in [4.78, 5) is 0.430. The standard InChI is InChI=1S/C14H18BrClO2/c1-2-7-17-14-12(15)8-13(14)18-9-10-3-5-11(16)6-4-10/h3-6,12-14H,2,7-9H2,1H3. The largest absolute Gasteiger partial charge is 0.374 e. The molecule has 18 heavy (non-hydrogen) atoms. The lowest BCUT2D eigenvalue weighted by Crippen LogP contribution is -2.50. The molecule has 0 radical (unpaired) electrons. The Morgan fingerprint density at radius 3 is 2.61 bits per heavy atom. The van der Waals surface area contributed by atoms with Crippen LogP contribution >= 0.6 is 27.5 Å². The van der Waals surface area contributed by atoms with Gasteiger partial charge in [0.05, 0.1) is 18.8 Å². The molecule has 0 heterocycles. The van der Waals surface area contributed by atoms with E-state index >= 15 is 0 Å². The van der Waals surface area contributed by atoms with Crippen LogP contribution in [0.2, 0.25) is 5.02 Å². The molecule has 1 aliphatic carbocycles. The SMILES string of the molecule is CCCOC1C(Br)CC1OCc1ccc(Cl)cc1. The predicted molar refractivity (Wildman–Crippen MR) is 77.4 cm³/mol. The molecule has 0 saturated heterocycles. The summed E-state index contributed by atoms with van der Waals surface area (Å²) >= 11 is 9.46. The van der Waals surface area contributed by atoms with E-state index in [4.69, 9.17) is 21.1 Å². The van der Waals surface area contributed by atoms with Gasteiger partial charge in [0.25, 0.3) is 0 Å². The van der Waals surface area contributed by atoms with Crippen molar-refractivity contribution >= 4 is 27.5 Å². The van der Waals surface area contributed by atoms with Gasteiger partial charge in [-0.15, -0.1) is 0 Å². The Hall–Kier alpha value is -0.0900. The van der Waals surface area contributed by atoms with E-state index in [1.54, 1.807) is 0 Å². The highest BCUT2D eigenvalue weighted by Crippen LogP contribution is 2.33. The summed E-state index contributed by atoms with van der Waals surface area (Å²) in [5, 5.41) is 0.757. The van der Waals surface area contributed by atoms with Crippen molar-refractivity contribution < 1.29 is 9.47 Å². The first-order chi connectivity index (χ1) is 8.70. The fraction of sp³-hybridized carbons (Fsp3) is 0.571. The maximum absolute atomic E-state index is 5.89. The maximum Gasteiger partial charge on any atom is 0.0962 e. The lowest BCUT2D eigenvalue weighted by atomic mass is 9.91. The molecule has 0 N–H and O–H groups in total. The number of hydrogen-bond acceptors (Lipinski definition) is 2. The van der Waals surface area contributed by atoms with Gasteiger partial charge in [0.15, 0.2) is 0 Å². The van der Waals surface area contributed by atoms with Gasteiger partial charge in [-0.05, 0) is 30.5 Å². The molecule has 0 aliphatic heterocycles. The number of hydrogen-bond donors (Lipinski definition) is 0. The van der Waals surface area contributed by atoms with Crippen molar-refractivity contribution in [3.8, 4) is 0 Å². The maximum atomic E-state index is 5.89. The molecule has 0 bridgehead atoms. The molecule has 1 saturated carbocycles. The van der Waals surface area contributed by atoms with Gasteiger partial charge < -0.3 is 9.47 Å². The van der Waals surface area contributed by atoms with E-state index in [-0.39, 0.29) is 12.2 Å². The van der Waals surface area contributed by atoms with Crippen molar-refractivity contribution in [1.82, 2.24) is 0 Å². The number of ether oxygens (including phenoxy) is 2. The van der Waals surface area contributed by atoms with Crippen molar-refractivity contribution in [3.63, 3.8) is 0 Å². The normalized spacial score (nSPS) is 26.9. The number of rotatable bonds is 6. The van der Waals surface area contributed by atoms with E-state index in [0.29, 0.717) is 11.4 Å². The van der Waals surface area contributed by atoms with Crippen LogP contribution in [0.1, 0.15) is 25.3 Å². The summed E-state index contributed by atoms with van der Waals surface area (Å²) in [6.45, 7) is 3.53. The minimum Gasteiger partial charge on any atom is -0.374 e. The molecule has 1 fully saturated rings. The van der Waals surface area contributed by atoms with Crippen LogP contribution in [0.15, 0.2) is 24.3 Å². The third-order valence-electron chi connectivity index (χ3n) is 3.07. The fourth-order valence-corrected chi connectivity index (χ4v) is 2.93. The number of benzene rings is 1. The monoisotopic (exact) mass is 332 g/mol. The Bertz CT molecular complexity index is 369. The van der Waals surface area contributed by atoms with Gasteiger partial charge in [0, 0.05) is 16.5 Å². The molecule has 1 aromatic rings. The molecule has 3 atom stereocenters. The number of alkyl halides is 1. The van der Waals surface area contributed by atoms with Gasteiger partial charge in [-0.3, -0.25) is 0 Å². The second kappa shape index (κ2) is 6.90. The quantitative estimate of drug-likeness (QED) is 0.727. The summed E-state index contributed by atoms with van der Waals surface area (Å²) < 4.78 is 11.7. The summed E-state index contributed by atoms with van der Waals surface area (Å²) in [7, 11) is 0. The first kappa shape index (κ1) is 14.3. The van der Waals surface area contributed by atoms with Crippen molar-refractivity contribution in [1.29, 1.82) is 0 Å². The molecule has 0 amide bonds. The first-order valence-electron chi connectivity index (χ1n) is 6.32. The van der Waals surface area contributed by atoms with E-state index in [2.05, 4.69) is 22.9 Å². The van der Waals surface area contributed by atoms with Gasteiger partial charge in [-0.25, -0.2) is 0 Å². The summed E-state index contributed by atoms with van der Waals surface area (Å²) in [6.07, 6.45) is 2.45. The number of halogens is 2. The van der Waals surface area contributed by atoms with Gasteiger partial charge in [-0.2, -0.15) is 0 Å². The smallest absolute Gasteiger partial charge is 0.0962 e. The third-order valence-corrected chi connectivity index (χ3v) is 4.22. The van der Waals surface area contributed by atoms with E-state index in [1.165, 1.54) is 0 Å². The summed E-state index contributed by atoms with van der Waals surface area (Å²) in [5.74, 6) is 0. The molecule has 3 unspecified atom stereocenters. The van der Waals surface area contributed by atoms with E-state index in [1.807, 2.05) is 24.3 Å². The Balaban J connectivity index is 1.78. The van der Waals surface area contributed by atoms with Gasteiger partial charge >= 0.3 is 0 Å². The highest BCUT2D eigenvalue weighted by atomic mass is 79.9. The average Bonchev–Trinajstić information content (AvgIpc) is 2.36. The van der Waals surface area contributed by atoms with E-state index < -0.39 is 0 Å². The lowest BCUT2D eigenvalue weighted by Gasteiger charge is -2.40. The van der Waals surface area contributed by atoms with Crippen LogP contribution < -0.4 is 0 Å². The molecule has 2 rings (SSSR count). The van der Waals surface area contributed by atoms with Crippen LogP contribution in [0.5, 0.6) is 0 Å². The zero-order chi connectivity index (χ0) is 13.0. The minimum absolute atomic E-state index is 0.192. The highest BCUT2D eigenvalue weighted by molar-refractivity contribution is 9.09. The van der Waals surface area contributed by atoms with Crippen LogP contribution in [0.3, 0.4) is 0 Å². The predicted octanol–water partition coefficient (Wildman–Crippen LogP) is 4.19. The zero-order valence-electron chi connectivity index (χ0n) is 10.4.